The molecule has 1 aromatic carbocycles. The molecule has 0 atom stereocenters. The molecule has 0 amide bonds. The van der Waals surface area contributed by atoms with E-state index < -0.39 is 0 Å². The van der Waals surface area contributed by atoms with Gasteiger partial charge in [0.05, 0.1) is 0 Å². The van der Waals surface area contributed by atoms with Crippen LogP contribution in [0.3, 0.4) is 0 Å². The van der Waals surface area contributed by atoms with Crippen LogP contribution in [0.5, 0.6) is 5.75 Å². The van der Waals surface area contributed by atoms with E-state index in [1.54, 1.807) is 17.8 Å². The van der Waals surface area contributed by atoms with Gasteiger partial charge in [-0.2, -0.15) is 0 Å². The summed E-state index contributed by atoms with van der Waals surface area (Å²) in [6, 6.07) is 5.51. The third kappa shape index (κ3) is 2.64. The molecule has 0 unspecified atom stereocenters. The van der Waals surface area contributed by atoms with E-state index in [0.29, 0.717) is 12.2 Å². The number of thioether (sulfide) groups is 1. The van der Waals surface area contributed by atoms with Gasteiger partial charge in [-0.1, -0.05) is 6.07 Å². The first-order chi connectivity index (χ1) is 6.29. The summed E-state index contributed by atoms with van der Waals surface area (Å²) in [6.45, 7) is 0.169. The molecule has 0 spiro atoms. The van der Waals surface area contributed by atoms with Gasteiger partial charge in [-0.3, -0.25) is 0 Å². The SMILES string of the molecule is CSc1cccc(O)c1CCCO. The highest BCUT2D eigenvalue weighted by molar-refractivity contribution is 7.98. The van der Waals surface area contributed by atoms with Gasteiger partial charge in [0.25, 0.3) is 0 Å². The quantitative estimate of drug-likeness (QED) is 0.727. The smallest absolute Gasteiger partial charge is 0.119 e. The van der Waals surface area contributed by atoms with Crippen LogP contribution >= 0.6 is 11.8 Å². The van der Waals surface area contributed by atoms with Gasteiger partial charge in [0.2, 0.25) is 0 Å². The van der Waals surface area contributed by atoms with E-state index >= 15 is 0 Å². The van der Waals surface area contributed by atoms with Gasteiger partial charge in [-0.25, -0.2) is 0 Å². The first kappa shape index (κ1) is 10.4. The van der Waals surface area contributed by atoms with Gasteiger partial charge in [0, 0.05) is 17.1 Å². The number of rotatable bonds is 4. The third-order valence-electron chi connectivity index (χ3n) is 1.91. The average molecular weight is 198 g/mol. The molecule has 0 bridgehead atoms. The highest BCUT2D eigenvalue weighted by Crippen LogP contribution is 2.28. The Bertz CT molecular complexity index is 274. The lowest BCUT2D eigenvalue weighted by Crippen LogP contribution is -1.92. The number of aliphatic hydroxyl groups excluding tert-OH is 1. The highest BCUT2D eigenvalue weighted by Gasteiger charge is 2.05. The Kier molecular flexibility index (Phi) is 4.12. The van der Waals surface area contributed by atoms with Crippen molar-refractivity contribution in [3.05, 3.63) is 23.8 Å². The van der Waals surface area contributed by atoms with E-state index in [4.69, 9.17) is 5.11 Å². The second-order valence-corrected chi connectivity index (χ2v) is 3.63. The van der Waals surface area contributed by atoms with Crippen LogP contribution in [0, 0.1) is 0 Å². The van der Waals surface area contributed by atoms with E-state index in [9.17, 15) is 5.11 Å². The van der Waals surface area contributed by atoms with E-state index in [2.05, 4.69) is 0 Å². The van der Waals surface area contributed by atoms with Crippen molar-refractivity contribution in [3.8, 4) is 5.75 Å². The summed E-state index contributed by atoms with van der Waals surface area (Å²) in [4.78, 5) is 1.09. The van der Waals surface area contributed by atoms with Gasteiger partial charge >= 0.3 is 0 Å². The van der Waals surface area contributed by atoms with E-state index in [1.165, 1.54) is 0 Å². The molecule has 0 heterocycles. The summed E-state index contributed by atoms with van der Waals surface area (Å²) >= 11 is 1.62. The molecule has 0 aromatic heterocycles. The fourth-order valence-electron chi connectivity index (χ4n) is 1.25. The topological polar surface area (TPSA) is 40.5 Å². The van der Waals surface area contributed by atoms with Crippen molar-refractivity contribution in [2.75, 3.05) is 12.9 Å². The summed E-state index contributed by atoms with van der Waals surface area (Å²) in [6.07, 6.45) is 3.42. The maximum Gasteiger partial charge on any atom is 0.119 e. The molecule has 3 heteroatoms. The van der Waals surface area contributed by atoms with Crippen LogP contribution < -0.4 is 0 Å². The second-order valence-electron chi connectivity index (χ2n) is 2.79. The van der Waals surface area contributed by atoms with Gasteiger partial charge < -0.3 is 10.2 Å². The van der Waals surface area contributed by atoms with Crippen molar-refractivity contribution in [3.63, 3.8) is 0 Å². The van der Waals surface area contributed by atoms with Crippen LogP contribution in [0.15, 0.2) is 23.1 Å². The fraction of sp³-hybridized carbons (Fsp3) is 0.400. The van der Waals surface area contributed by atoms with Gasteiger partial charge in [-0.15, -0.1) is 11.8 Å². The van der Waals surface area contributed by atoms with Crippen LogP contribution in [-0.2, 0) is 6.42 Å². The van der Waals surface area contributed by atoms with Crippen LogP contribution in [-0.4, -0.2) is 23.1 Å². The Balaban J connectivity index is 2.87. The Morgan fingerprint density at radius 2 is 2.15 bits per heavy atom. The van der Waals surface area contributed by atoms with Gasteiger partial charge in [-0.05, 0) is 31.2 Å². The minimum atomic E-state index is 0.169. The van der Waals surface area contributed by atoms with Crippen LogP contribution in [0.4, 0.5) is 0 Å². The predicted octanol–water partition coefficient (Wildman–Crippen LogP) is 2.04. The molecule has 0 fully saturated rings. The average Bonchev–Trinajstić information content (AvgIpc) is 2.15. The molecule has 0 aliphatic carbocycles. The molecule has 0 saturated heterocycles. The predicted molar refractivity (Wildman–Crippen MR) is 55.3 cm³/mol. The summed E-state index contributed by atoms with van der Waals surface area (Å²) in [7, 11) is 0. The summed E-state index contributed by atoms with van der Waals surface area (Å²) < 4.78 is 0. The van der Waals surface area contributed by atoms with Crippen molar-refractivity contribution in [2.24, 2.45) is 0 Å². The summed E-state index contributed by atoms with van der Waals surface area (Å²) in [5.74, 6) is 0.334. The number of hydrogen-bond donors (Lipinski definition) is 2. The van der Waals surface area contributed by atoms with E-state index in [1.807, 2.05) is 18.4 Å². The Morgan fingerprint density at radius 3 is 2.77 bits per heavy atom. The summed E-state index contributed by atoms with van der Waals surface area (Å²) in [5, 5.41) is 18.2. The largest absolute Gasteiger partial charge is 0.508 e. The molecule has 0 radical (unpaired) electrons. The lowest BCUT2D eigenvalue weighted by Gasteiger charge is -2.08. The Hall–Kier alpha value is -0.670. The number of phenols is 1. The molecule has 13 heavy (non-hydrogen) atoms. The van der Waals surface area contributed by atoms with Crippen molar-refractivity contribution >= 4 is 11.8 Å². The molecule has 1 rings (SSSR count). The van der Waals surface area contributed by atoms with Crippen molar-refractivity contribution in [1.29, 1.82) is 0 Å². The van der Waals surface area contributed by atoms with Crippen LogP contribution in [0.1, 0.15) is 12.0 Å². The maximum atomic E-state index is 9.55. The van der Waals surface area contributed by atoms with Crippen molar-refractivity contribution in [1.82, 2.24) is 0 Å². The first-order valence-corrected chi connectivity index (χ1v) is 5.47. The zero-order valence-corrected chi connectivity index (χ0v) is 8.47. The third-order valence-corrected chi connectivity index (χ3v) is 2.74. The van der Waals surface area contributed by atoms with Crippen molar-refractivity contribution in [2.45, 2.75) is 17.7 Å². The molecule has 0 aliphatic rings. The Morgan fingerprint density at radius 1 is 1.38 bits per heavy atom. The highest BCUT2D eigenvalue weighted by atomic mass is 32.2. The summed E-state index contributed by atoms with van der Waals surface area (Å²) in [5.41, 5.74) is 0.948. The number of aromatic hydroxyl groups is 1. The van der Waals surface area contributed by atoms with Gasteiger partial charge in [0.1, 0.15) is 5.75 Å². The number of hydrogen-bond acceptors (Lipinski definition) is 3. The van der Waals surface area contributed by atoms with Gasteiger partial charge in [0.15, 0.2) is 0 Å². The first-order valence-electron chi connectivity index (χ1n) is 4.25. The molecule has 2 N–H and O–H groups in total. The molecular weight excluding hydrogens is 184 g/mol. The number of aliphatic hydroxyl groups is 1. The molecule has 1 aromatic rings. The fourth-order valence-corrected chi connectivity index (χ4v) is 1.92. The molecule has 72 valence electrons. The number of benzene rings is 1. The lowest BCUT2D eigenvalue weighted by atomic mass is 10.1. The standard InChI is InChI=1S/C10H14O2S/c1-13-10-6-2-5-9(12)8(10)4-3-7-11/h2,5-6,11-12H,3-4,7H2,1H3. The monoisotopic (exact) mass is 198 g/mol. The molecular formula is C10H14O2S. The second kappa shape index (κ2) is 5.14. The minimum absolute atomic E-state index is 0.169. The van der Waals surface area contributed by atoms with E-state index in [-0.39, 0.29) is 6.61 Å². The maximum absolute atomic E-state index is 9.55. The minimum Gasteiger partial charge on any atom is -0.508 e. The van der Waals surface area contributed by atoms with Crippen LogP contribution in [0.2, 0.25) is 0 Å². The zero-order chi connectivity index (χ0) is 9.68. The number of phenolic OH excluding ortho intramolecular Hbond substituents is 1. The molecule has 0 aliphatic heterocycles. The van der Waals surface area contributed by atoms with Crippen LogP contribution in [0.25, 0.3) is 0 Å². The van der Waals surface area contributed by atoms with E-state index in [0.717, 1.165) is 16.9 Å². The molecule has 0 saturated carbocycles. The normalized spacial score (nSPS) is 10.3. The zero-order valence-electron chi connectivity index (χ0n) is 7.66. The Labute approximate surface area is 82.6 Å². The van der Waals surface area contributed by atoms with Crippen molar-refractivity contribution < 1.29 is 10.2 Å². The lowest BCUT2D eigenvalue weighted by molar-refractivity contribution is 0.287. The molecule has 2 nitrogen and oxygen atoms in total.